The van der Waals surface area contributed by atoms with Gasteiger partial charge >= 0.3 is 0 Å². The van der Waals surface area contributed by atoms with Crippen LogP contribution in [-0.4, -0.2) is 20.4 Å². The molecular formula is C26H24N2O4S. The van der Waals surface area contributed by atoms with Crippen LogP contribution in [0.2, 0.25) is 0 Å². The lowest BCUT2D eigenvalue weighted by Crippen LogP contribution is -2.30. The molecule has 0 fully saturated rings. The lowest BCUT2D eigenvalue weighted by atomic mass is 10.1. The highest BCUT2D eigenvalue weighted by molar-refractivity contribution is 7.92. The molecule has 2 N–H and O–H groups in total. The number of sulfonamides is 1. The fraction of sp³-hybridized carbons (Fsp3) is 0.115. The van der Waals surface area contributed by atoms with E-state index in [1.165, 1.54) is 12.1 Å². The molecule has 1 atom stereocenters. The van der Waals surface area contributed by atoms with Crippen LogP contribution in [0.15, 0.2) is 95.9 Å². The molecule has 33 heavy (non-hydrogen) atoms. The zero-order chi connectivity index (χ0) is 23.4. The first-order valence-electron chi connectivity index (χ1n) is 10.5. The molecule has 6 nitrogen and oxygen atoms in total. The molecule has 0 aliphatic rings. The molecule has 0 bridgehead atoms. The number of nitrogens with one attached hydrogen (secondary N) is 2. The Morgan fingerprint density at radius 1 is 0.848 bits per heavy atom. The summed E-state index contributed by atoms with van der Waals surface area (Å²) in [6.45, 7) is 3.63. The van der Waals surface area contributed by atoms with Crippen LogP contribution in [0.3, 0.4) is 0 Å². The van der Waals surface area contributed by atoms with Gasteiger partial charge in [0.15, 0.2) is 6.10 Å². The van der Waals surface area contributed by atoms with Crippen molar-refractivity contribution in [3.8, 4) is 5.75 Å². The molecule has 4 aromatic carbocycles. The second kappa shape index (κ2) is 9.34. The maximum atomic E-state index is 12.9. The van der Waals surface area contributed by atoms with Crippen LogP contribution in [0.1, 0.15) is 12.5 Å². The Morgan fingerprint density at radius 2 is 1.52 bits per heavy atom. The quantitative estimate of drug-likeness (QED) is 0.389. The highest BCUT2D eigenvalue weighted by atomic mass is 32.2. The van der Waals surface area contributed by atoms with E-state index >= 15 is 0 Å². The van der Waals surface area contributed by atoms with E-state index in [-0.39, 0.29) is 10.8 Å². The minimum atomic E-state index is -3.80. The number of amides is 1. The highest BCUT2D eigenvalue weighted by Gasteiger charge is 2.18. The maximum absolute atomic E-state index is 12.9. The van der Waals surface area contributed by atoms with E-state index in [4.69, 9.17) is 4.74 Å². The summed E-state index contributed by atoms with van der Waals surface area (Å²) in [6.07, 6.45) is -0.718. The van der Waals surface area contributed by atoms with E-state index in [2.05, 4.69) is 10.0 Å². The molecule has 4 aromatic rings. The minimum Gasteiger partial charge on any atom is -0.481 e. The molecule has 4 rings (SSSR count). The van der Waals surface area contributed by atoms with Gasteiger partial charge in [0.1, 0.15) is 5.75 Å². The molecule has 0 aliphatic heterocycles. The van der Waals surface area contributed by atoms with Crippen molar-refractivity contribution in [2.75, 3.05) is 10.0 Å². The van der Waals surface area contributed by atoms with Crippen molar-refractivity contribution in [3.05, 3.63) is 96.6 Å². The van der Waals surface area contributed by atoms with Gasteiger partial charge in [0, 0.05) is 11.1 Å². The third-order valence-electron chi connectivity index (χ3n) is 5.17. The van der Waals surface area contributed by atoms with Crippen molar-refractivity contribution < 1.29 is 17.9 Å². The first kappa shape index (κ1) is 22.4. The van der Waals surface area contributed by atoms with Gasteiger partial charge < -0.3 is 10.1 Å². The number of fused-ring (bicyclic) bond motifs is 1. The fourth-order valence-corrected chi connectivity index (χ4v) is 4.43. The predicted molar refractivity (Wildman–Crippen MR) is 131 cm³/mol. The van der Waals surface area contributed by atoms with Crippen LogP contribution in [0, 0.1) is 6.92 Å². The highest BCUT2D eigenvalue weighted by Crippen LogP contribution is 2.26. The van der Waals surface area contributed by atoms with Crippen molar-refractivity contribution in [1.29, 1.82) is 0 Å². The molecule has 0 heterocycles. The molecule has 0 saturated carbocycles. The molecule has 0 unspecified atom stereocenters. The fourth-order valence-electron chi connectivity index (χ4n) is 3.35. The van der Waals surface area contributed by atoms with Gasteiger partial charge in [0.05, 0.1) is 10.6 Å². The Labute approximate surface area is 193 Å². The topological polar surface area (TPSA) is 84.5 Å². The van der Waals surface area contributed by atoms with Gasteiger partial charge in [-0.3, -0.25) is 9.52 Å². The summed E-state index contributed by atoms with van der Waals surface area (Å²) in [4.78, 5) is 12.6. The number of benzene rings is 4. The van der Waals surface area contributed by atoms with Crippen LogP contribution in [0.4, 0.5) is 11.4 Å². The maximum Gasteiger partial charge on any atom is 0.265 e. The van der Waals surface area contributed by atoms with E-state index in [1.807, 2.05) is 61.5 Å². The number of rotatable bonds is 7. The third kappa shape index (κ3) is 5.32. The Bertz CT molecular complexity index is 1380. The zero-order valence-corrected chi connectivity index (χ0v) is 19.1. The van der Waals surface area contributed by atoms with Crippen molar-refractivity contribution in [3.63, 3.8) is 0 Å². The van der Waals surface area contributed by atoms with Crippen LogP contribution < -0.4 is 14.8 Å². The minimum absolute atomic E-state index is 0.0948. The molecule has 0 saturated heterocycles. The number of anilines is 2. The molecular weight excluding hydrogens is 436 g/mol. The van der Waals surface area contributed by atoms with Gasteiger partial charge in [0.2, 0.25) is 0 Å². The smallest absolute Gasteiger partial charge is 0.265 e. The summed E-state index contributed by atoms with van der Waals surface area (Å²) in [7, 11) is -3.80. The molecule has 0 aromatic heterocycles. The molecule has 0 spiro atoms. The largest absolute Gasteiger partial charge is 0.481 e. The van der Waals surface area contributed by atoms with Crippen LogP contribution in [-0.2, 0) is 14.8 Å². The standard InChI is InChI=1S/C26H24N2O4S/c1-18-10-14-22(15-11-18)32-19(2)26(29)27-21-12-16-23(17-13-21)33(30,31)28-25-9-5-7-20-6-3-4-8-24(20)25/h3-17,19,28H,1-2H3,(H,27,29)/t19-/m1/s1. The average Bonchev–Trinajstić information content (AvgIpc) is 2.81. The lowest BCUT2D eigenvalue weighted by Gasteiger charge is -2.15. The molecule has 0 radical (unpaired) electrons. The summed E-state index contributed by atoms with van der Waals surface area (Å²) >= 11 is 0. The van der Waals surface area contributed by atoms with Crippen LogP contribution in [0.5, 0.6) is 5.75 Å². The first-order chi connectivity index (χ1) is 15.8. The lowest BCUT2D eigenvalue weighted by molar-refractivity contribution is -0.122. The van der Waals surface area contributed by atoms with Crippen molar-refractivity contribution in [2.24, 2.45) is 0 Å². The van der Waals surface area contributed by atoms with E-state index in [1.54, 1.807) is 31.2 Å². The van der Waals surface area contributed by atoms with Crippen molar-refractivity contribution in [1.82, 2.24) is 0 Å². The Balaban J connectivity index is 1.43. The number of hydrogen-bond donors (Lipinski definition) is 2. The van der Waals surface area contributed by atoms with Gasteiger partial charge in [-0.1, -0.05) is 54.1 Å². The van der Waals surface area contributed by atoms with Gasteiger partial charge in [0.25, 0.3) is 15.9 Å². The number of ether oxygens (including phenoxy) is 1. The van der Waals surface area contributed by atoms with Crippen LogP contribution >= 0.6 is 0 Å². The molecule has 7 heteroatoms. The molecule has 0 aliphatic carbocycles. The van der Waals surface area contributed by atoms with Crippen molar-refractivity contribution >= 4 is 38.1 Å². The SMILES string of the molecule is Cc1ccc(O[C@H](C)C(=O)Nc2ccc(S(=O)(=O)Nc3cccc4ccccc34)cc2)cc1. The monoisotopic (exact) mass is 460 g/mol. The predicted octanol–water partition coefficient (Wildman–Crippen LogP) is 5.36. The Morgan fingerprint density at radius 3 is 2.24 bits per heavy atom. The number of carbonyl (C=O) groups is 1. The van der Waals surface area contributed by atoms with E-state index in [0.29, 0.717) is 17.1 Å². The Hall–Kier alpha value is -3.84. The summed E-state index contributed by atoms with van der Waals surface area (Å²) in [5.41, 5.74) is 2.08. The van der Waals surface area contributed by atoms with E-state index in [9.17, 15) is 13.2 Å². The first-order valence-corrected chi connectivity index (χ1v) is 11.9. The second-order valence-electron chi connectivity index (χ2n) is 7.72. The second-order valence-corrected chi connectivity index (χ2v) is 9.40. The summed E-state index contributed by atoms with van der Waals surface area (Å²) in [6, 6.07) is 26.4. The summed E-state index contributed by atoms with van der Waals surface area (Å²) < 4.78 is 34.1. The van der Waals surface area contributed by atoms with Crippen LogP contribution in [0.25, 0.3) is 10.8 Å². The average molecular weight is 461 g/mol. The normalized spacial score (nSPS) is 12.2. The zero-order valence-electron chi connectivity index (χ0n) is 18.3. The van der Waals surface area contributed by atoms with E-state index in [0.717, 1.165) is 16.3 Å². The summed E-state index contributed by atoms with van der Waals surface area (Å²) in [5.74, 6) is 0.268. The van der Waals surface area contributed by atoms with Gasteiger partial charge in [-0.05, 0) is 61.7 Å². The van der Waals surface area contributed by atoms with Gasteiger partial charge in [-0.25, -0.2) is 8.42 Å². The molecule has 1 amide bonds. The number of hydrogen-bond acceptors (Lipinski definition) is 4. The van der Waals surface area contributed by atoms with Gasteiger partial charge in [-0.2, -0.15) is 0 Å². The number of carbonyl (C=O) groups excluding carboxylic acids is 1. The van der Waals surface area contributed by atoms with Gasteiger partial charge in [-0.15, -0.1) is 0 Å². The summed E-state index contributed by atoms with van der Waals surface area (Å²) in [5, 5.41) is 4.50. The third-order valence-corrected chi connectivity index (χ3v) is 6.55. The van der Waals surface area contributed by atoms with Crippen molar-refractivity contribution in [2.45, 2.75) is 24.8 Å². The number of aryl methyl sites for hydroxylation is 1. The molecule has 168 valence electrons. The van der Waals surface area contributed by atoms with E-state index < -0.39 is 16.1 Å². The Kier molecular flexibility index (Phi) is 6.33.